The second-order valence-electron chi connectivity index (χ2n) is 6.78. The van der Waals surface area contributed by atoms with Crippen molar-refractivity contribution < 1.29 is 29.6 Å². The normalized spacial score (nSPS) is 10.5. The van der Waals surface area contributed by atoms with Gasteiger partial charge in [-0.2, -0.15) is 4.98 Å². The Hall–Kier alpha value is 0.250. The van der Waals surface area contributed by atoms with Gasteiger partial charge in [-0.05, 0) is 30.2 Å². The predicted molar refractivity (Wildman–Crippen MR) is 112 cm³/mol. The van der Waals surface area contributed by atoms with Crippen molar-refractivity contribution in [2.75, 3.05) is 18.0 Å². The summed E-state index contributed by atoms with van der Waals surface area (Å²) in [7, 11) is 0. The number of nitrogens with one attached hydrogen (secondary N) is 1. The second kappa shape index (κ2) is 17.4. The molecule has 0 aliphatic heterocycles. The van der Waals surface area contributed by atoms with Crippen LogP contribution >= 0.6 is 12.2 Å². The number of H-pyrrole nitrogens is 1. The summed E-state index contributed by atoms with van der Waals surface area (Å²) in [5, 5.41) is 0.436. The minimum atomic E-state index is 0. The fraction of sp³-hybridized carbons (Fsp3) is 0.842. The van der Waals surface area contributed by atoms with Gasteiger partial charge in [0, 0.05) is 13.1 Å². The third-order valence-electron chi connectivity index (χ3n) is 4.48. The van der Waals surface area contributed by atoms with Crippen molar-refractivity contribution in [2.45, 2.75) is 96.1 Å². The number of aromatic nitrogens is 3. The number of anilines is 1. The molecule has 26 heavy (non-hydrogen) atoms. The maximum absolute atomic E-state index is 5.17. The maximum Gasteiger partial charge on any atom is 1.00 e. The number of rotatable bonds is 15. The average molecular weight is 407 g/mol. The average Bonchev–Trinajstić information content (AvgIpc) is 2.58. The summed E-state index contributed by atoms with van der Waals surface area (Å²) in [5.74, 6) is 0.798. The number of unbranched alkanes of at least 4 members (excludes halogenated alkanes) is 10. The molecule has 1 aromatic heterocycles. The molecule has 0 aromatic carbocycles. The zero-order chi connectivity index (χ0) is 18.3. The molecule has 1 heterocycles. The summed E-state index contributed by atoms with van der Waals surface area (Å²) < 4.78 is 0.342. The van der Waals surface area contributed by atoms with Gasteiger partial charge in [-0.3, -0.25) is 0 Å². The molecule has 0 fully saturated rings. The van der Waals surface area contributed by atoms with Crippen molar-refractivity contribution in [3.8, 4) is 0 Å². The van der Waals surface area contributed by atoms with Crippen molar-refractivity contribution in [3.05, 3.63) is 4.77 Å². The minimum Gasteiger partial charge on any atom is -0.742 e. The van der Waals surface area contributed by atoms with E-state index in [0.717, 1.165) is 19.0 Å². The second-order valence-corrected chi connectivity index (χ2v) is 7.53. The third-order valence-corrected chi connectivity index (χ3v) is 4.86. The van der Waals surface area contributed by atoms with Crippen LogP contribution in [0.5, 0.6) is 0 Å². The van der Waals surface area contributed by atoms with Crippen LogP contribution in [0.3, 0.4) is 0 Å². The summed E-state index contributed by atoms with van der Waals surface area (Å²) >= 11 is 10.3. The monoisotopic (exact) mass is 406 g/mol. The summed E-state index contributed by atoms with van der Waals surface area (Å²) in [5.41, 5.74) is 0. The zero-order valence-corrected chi connectivity index (χ0v) is 20.7. The van der Waals surface area contributed by atoms with Crippen LogP contribution in [0.2, 0.25) is 0 Å². The molecule has 0 atom stereocenters. The summed E-state index contributed by atoms with van der Waals surface area (Å²) in [4.78, 5) is 13.8. The molecule has 0 aliphatic carbocycles. The molecule has 0 spiro atoms. The number of hydrogen-bond donors (Lipinski definition) is 1. The molecule has 0 unspecified atom stereocenters. The van der Waals surface area contributed by atoms with Gasteiger partial charge in [0.25, 0.3) is 0 Å². The van der Waals surface area contributed by atoms with E-state index in [1.165, 1.54) is 77.0 Å². The summed E-state index contributed by atoms with van der Waals surface area (Å²) in [6, 6.07) is 0. The quantitative estimate of drug-likeness (QED) is 0.210. The molecule has 0 saturated carbocycles. The van der Waals surface area contributed by atoms with Gasteiger partial charge in [0.05, 0.1) is 0 Å². The van der Waals surface area contributed by atoms with Gasteiger partial charge >= 0.3 is 29.6 Å². The van der Waals surface area contributed by atoms with E-state index in [-0.39, 0.29) is 29.6 Å². The van der Waals surface area contributed by atoms with E-state index in [1.807, 2.05) is 0 Å². The van der Waals surface area contributed by atoms with Gasteiger partial charge in [-0.15, -0.1) is 0 Å². The van der Waals surface area contributed by atoms with Gasteiger partial charge in [-0.25, -0.2) is 4.98 Å². The molecule has 4 nitrogen and oxygen atoms in total. The van der Waals surface area contributed by atoms with Gasteiger partial charge in [-0.1, -0.05) is 78.1 Å². The van der Waals surface area contributed by atoms with Crippen LogP contribution < -0.4 is 34.5 Å². The molecular weight excluding hydrogens is 371 g/mol. The largest absolute Gasteiger partial charge is 1.00 e. The fourth-order valence-corrected chi connectivity index (χ4v) is 3.41. The first-order valence-corrected chi connectivity index (χ1v) is 10.9. The van der Waals surface area contributed by atoms with Crippen molar-refractivity contribution in [3.63, 3.8) is 0 Å². The third kappa shape index (κ3) is 12.6. The summed E-state index contributed by atoms with van der Waals surface area (Å²) in [6.07, 6.45) is 15.6. The Bertz CT molecular complexity index is 495. The molecule has 0 amide bonds. The van der Waals surface area contributed by atoms with E-state index < -0.39 is 0 Å². The van der Waals surface area contributed by atoms with Crippen LogP contribution in [0.15, 0.2) is 5.16 Å². The maximum atomic E-state index is 5.17. The predicted octanol–water partition coefficient (Wildman–Crippen LogP) is 2.97. The van der Waals surface area contributed by atoms with Crippen LogP contribution in [0.25, 0.3) is 0 Å². The smallest absolute Gasteiger partial charge is 0.742 e. The van der Waals surface area contributed by atoms with E-state index in [4.69, 9.17) is 24.8 Å². The summed E-state index contributed by atoms with van der Waals surface area (Å²) in [6.45, 7) is 6.54. The van der Waals surface area contributed by atoms with Crippen molar-refractivity contribution in [2.24, 2.45) is 0 Å². The van der Waals surface area contributed by atoms with Crippen LogP contribution in [0.4, 0.5) is 5.95 Å². The van der Waals surface area contributed by atoms with Crippen LogP contribution in [-0.4, -0.2) is 28.0 Å². The van der Waals surface area contributed by atoms with Gasteiger partial charge in [0.1, 0.15) is 0 Å². The molecule has 1 N–H and O–H groups in total. The molecule has 144 valence electrons. The molecule has 0 aliphatic rings. The van der Waals surface area contributed by atoms with Gasteiger partial charge in [0.2, 0.25) is 10.7 Å². The van der Waals surface area contributed by atoms with Crippen LogP contribution in [0, 0.1) is 4.77 Å². The van der Waals surface area contributed by atoms with Crippen molar-refractivity contribution in [1.29, 1.82) is 0 Å². The molecule has 0 radical (unpaired) electrons. The molecule has 1 aromatic rings. The Labute approximate surface area is 193 Å². The number of hydrogen-bond acceptors (Lipinski definition) is 5. The first-order chi connectivity index (χ1) is 12.2. The standard InChI is InChI=1S/C19H36N4S2.Na/c1-3-5-7-9-11-13-15-23(16-14-12-10-8-6-4-2)17-20-18(24)22-19(25)21-17;/h3-16H2,1-2H3,(H2,20,21,22,24,25);/q;+1/p-1. The Morgan fingerprint density at radius 3 is 1.73 bits per heavy atom. The van der Waals surface area contributed by atoms with E-state index in [2.05, 4.69) is 33.7 Å². The van der Waals surface area contributed by atoms with Gasteiger partial charge < -0.3 is 22.5 Å². The Morgan fingerprint density at radius 2 is 1.27 bits per heavy atom. The zero-order valence-electron chi connectivity index (χ0n) is 17.1. The van der Waals surface area contributed by atoms with E-state index in [1.54, 1.807) is 0 Å². The van der Waals surface area contributed by atoms with Crippen LogP contribution in [0.1, 0.15) is 90.9 Å². The first-order valence-electron chi connectivity index (χ1n) is 10.1. The molecule has 7 heteroatoms. The number of aromatic amines is 1. The van der Waals surface area contributed by atoms with E-state index >= 15 is 0 Å². The SMILES string of the molecule is CCCCCCCCN(CCCCCCCC)c1nc(=S)nc([S-])[nH]1.[Na+]. The Morgan fingerprint density at radius 1 is 0.808 bits per heavy atom. The molecule has 1 rings (SSSR count). The topological polar surface area (TPSA) is 44.8 Å². The molecular formula is C19H35N4NaS2. The van der Waals surface area contributed by atoms with Gasteiger partial charge in [0.15, 0.2) is 0 Å². The van der Waals surface area contributed by atoms with Crippen molar-refractivity contribution in [1.82, 2.24) is 15.0 Å². The molecule has 0 bridgehead atoms. The van der Waals surface area contributed by atoms with E-state index in [9.17, 15) is 0 Å². The van der Waals surface area contributed by atoms with E-state index in [0.29, 0.717) is 9.93 Å². The Kier molecular flexibility index (Phi) is 17.5. The fourth-order valence-electron chi connectivity index (χ4n) is 2.99. The Balaban J connectivity index is 0.00000625. The van der Waals surface area contributed by atoms with Crippen molar-refractivity contribution >= 4 is 30.8 Å². The van der Waals surface area contributed by atoms with Crippen LogP contribution in [-0.2, 0) is 12.6 Å². The minimum absolute atomic E-state index is 0. The number of nitrogens with zero attached hydrogens (tertiary/aromatic N) is 3. The molecule has 0 saturated heterocycles. The first kappa shape index (κ1) is 26.2.